The Morgan fingerprint density at radius 1 is 1.10 bits per heavy atom. The van der Waals surface area contributed by atoms with Gasteiger partial charge in [0.05, 0.1) is 11.9 Å². The zero-order valence-electron chi connectivity index (χ0n) is 16.3. The molecular formula is C23H19FN2O2S. The molecule has 0 N–H and O–H groups in total. The van der Waals surface area contributed by atoms with Crippen LogP contribution in [-0.2, 0) is 6.54 Å². The van der Waals surface area contributed by atoms with Gasteiger partial charge in [0.25, 0.3) is 5.56 Å². The summed E-state index contributed by atoms with van der Waals surface area (Å²) in [6.45, 7) is 5.20. The Hall–Kier alpha value is -3.12. The van der Waals surface area contributed by atoms with E-state index in [9.17, 15) is 14.0 Å². The maximum atomic E-state index is 13.5. The number of carbonyl (C=O) groups is 1. The number of thiophene rings is 1. The summed E-state index contributed by atoms with van der Waals surface area (Å²) < 4.78 is 14.9. The summed E-state index contributed by atoms with van der Waals surface area (Å²) in [5.74, 6) is -0.141. The first-order chi connectivity index (χ1) is 13.8. The van der Waals surface area contributed by atoms with Crippen molar-refractivity contribution in [2.45, 2.75) is 27.3 Å². The molecule has 146 valence electrons. The number of benzene rings is 2. The van der Waals surface area contributed by atoms with E-state index in [1.54, 1.807) is 13.8 Å². The molecule has 0 saturated carbocycles. The molecule has 2 aromatic heterocycles. The quantitative estimate of drug-likeness (QED) is 0.445. The predicted octanol–water partition coefficient (Wildman–Crippen LogP) is 5.07. The van der Waals surface area contributed by atoms with Crippen LogP contribution >= 0.6 is 11.3 Å². The summed E-state index contributed by atoms with van der Waals surface area (Å²) in [7, 11) is 0. The number of hydrogen-bond acceptors (Lipinski definition) is 4. The van der Waals surface area contributed by atoms with Crippen LogP contribution in [-0.4, -0.2) is 15.3 Å². The number of carbonyl (C=O) groups excluding carboxylic acids is 1. The molecule has 0 atom stereocenters. The fourth-order valence-corrected chi connectivity index (χ4v) is 4.29. The van der Waals surface area contributed by atoms with Crippen molar-refractivity contribution in [3.8, 4) is 11.1 Å². The van der Waals surface area contributed by atoms with Gasteiger partial charge in [-0.15, -0.1) is 11.3 Å². The average Bonchev–Trinajstić information content (AvgIpc) is 3.11. The third kappa shape index (κ3) is 3.51. The second kappa shape index (κ2) is 7.37. The molecule has 0 bridgehead atoms. The maximum Gasteiger partial charge on any atom is 0.263 e. The Morgan fingerprint density at radius 2 is 1.83 bits per heavy atom. The first-order valence-electron chi connectivity index (χ1n) is 9.20. The van der Waals surface area contributed by atoms with Crippen LogP contribution in [0.2, 0.25) is 0 Å². The van der Waals surface area contributed by atoms with E-state index in [0.29, 0.717) is 27.2 Å². The van der Waals surface area contributed by atoms with Gasteiger partial charge in [0.15, 0.2) is 5.78 Å². The predicted molar refractivity (Wildman–Crippen MR) is 114 cm³/mol. The van der Waals surface area contributed by atoms with Gasteiger partial charge < -0.3 is 0 Å². The van der Waals surface area contributed by atoms with E-state index >= 15 is 0 Å². The Kier molecular flexibility index (Phi) is 4.88. The second-order valence-corrected chi connectivity index (χ2v) is 7.99. The van der Waals surface area contributed by atoms with Gasteiger partial charge in [0, 0.05) is 16.5 Å². The third-order valence-corrected chi connectivity index (χ3v) is 5.90. The van der Waals surface area contributed by atoms with E-state index in [2.05, 4.69) is 4.98 Å². The molecule has 0 amide bonds. The first kappa shape index (κ1) is 19.2. The van der Waals surface area contributed by atoms with Crippen LogP contribution in [0, 0.1) is 26.6 Å². The summed E-state index contributed by atoms with van der Waals surface area (Å²) in [6.07, 6.45) is 0. The van der Waals surface area contributed by atoms with Crippen molar-refractivity contribution in [3.63, 3.8) is 0 Å². The van der Waals surface area contributed by atoms with Crippen molar-refractivity contribution in [2.75, 3.05) is 0 Å². The molecule has 2 aromatic carbocycles. The lowest BCUT2D eigenvalue weighted by molar-refractivity contribution is 0.0969. The van der Waals surface area contributed by atoms with Crippen molar-refractivity contribution >= 4 is 27.3 Å². The van der Waals surface area contributed by atoms with Crippen LogP contribution in [0.1, 0.15) is 27.3 Å². The van der Waals surface area contributed by atoms with Crippen molar-refractivity contribution in [1.82, 2.24) is 9.55 Å². The van der Waals surface area contributed by atoms with Gasteiger partial charge in [0.1, 0.15) is 16.5 Å². The molecule has 6 heteroatoms. The minimum Gasteiger partial charge on any atom is -0.292 e. The Labute approximate surface area is 171 Å². The molecule has 0 aliphatic rings. The Bertz CT molecular complexity index is 1300. The lowest BCUT2D eigenvalue weighted by Crippen LogP contribution is -2.27. The number of aryl methyl sites for hydroxylation is 3. The molecule has 29 heavy (non-hydrogen) atoms. The smallest absolute Gasteiger partial charge is 0.263 e. The van der Waals surface area contributed by atoms with Gasteiger partial charge >= 0.3 is 0 Å². The van der Waals surface area contributed by atoms with Crippen LogP contribution in [0.15, 0.2) is 52.6 Å². The lowest BCUT2D eigenvalue weighted by Gasteiger charge is -2.10. The van der Waals surface area contributed by atoms with E-state index in [-0.39, 0.29) is 23.7 Å². The molecule has 0 spiro atoms. The topological polar surface area (TPSA) is 52.0 Å². The second-order valence-electron chi connectivity index (χ2n) is 7.13. The minimum atomic E-state index is -0.362. The zero-order chi connectivity index (χ0) is 20.7. The molecule has 0 fully saturated rings. The number of Topliss-reactive ketones (excluding diaryl/α,β-unsaturated/α-hetero) is 1. The Morgan fingerprint density at radius 3 is 2.52 bits per heavy atom. The number of rotatable bonds is 4. The highest BCUT2D eigenvalue weighted by Crippen LogP contribution is 2.31. The van der Waals surface area contributed by atoms with Gasteiger partial charge in [0.2, 0.25) is 0 Å². The van der Waals surface area contributed by atoms with Crippen molar-refractivity contribution in [1.29, 1.82) is 0 Å². The summed E-state index contributed by atoms with van der Waals surface area (Å²) in [5.41, 5.74) is 3.43. The molecule has 0 aliphatic carbocycles. The molecular weight excluding hydrogens is 387 g/mol. The third-order valence-electron chi connectivity index (χ3n) is 5.03. The van der Waals surface area contributed by atoms with Crippen LogP contribution in [0.4, 0.5) is 4.39 Å². The number of fused-ring (bicyclic) bond motifs is 1. The number of nitrogens with zero attached hydrogens (tertiary/aromatic N) is 2. The fraction of sp³-hybridized carbons (Fsp3) is 0.174. The average molecular weight is 406 g/mol. The summed E-state index contributed by atoms with van der Waals surface area (Å²) in [4.78, 5) is 31.2. The van der Waals surface area contributed by atoms with Crippen molar-refractivity contribution in [3.05, 3.63) is 86.5 Å². The van der Waals surface area contributed by atoms with Gasteiger partial charge in [-0.2, -0.15) is 0 Å². The van der Waals surface area contributed by atoms with E-state index in [1.165, 1.54) is 34.1 Å². The normalized spacial score (nSPS) is 11.2. The summed E-state index contributed by atoms with van der Waals surface area (Å²) in [5, 5.41) is 2.45. The SMILES string of the molecule is Cc1ccc(-c2csc3nc(C)n(CC(=O)c4ccc(F)c(C)c4)c(=O)c23)cc1. The molecule has 0 saturated heterocycles. The number of ketones is 1. The zero-order valence-corrected chi connectivity index (χ0v) is 17.1. The van der Waals surface area contributed by atoms with Crippen LogP contribution in [0.5, 0.6) is 0 Å². The minimum absolute atomic E-state index is 0.137. The van der Waals surface area contributed by atoms with E-state index in [0.717, 1.165) is 16.7 Å². The molecule has 0 radical (unpaired) electrons. The van der Waals surface area contributed by atoms with E-state index in [4.69, 9.17) is 0 Å². The van der Waals surface area contributed by atoms with Gasteiger partial charge in [-0.3, -0.25) is 14.2 Å². The van der Waals surface area contributed by atoms with Gasteiger partial charge in [-0.05, 0) is 50.1 Å². The highest BCUT2D eigenvalue weighted by atomic mass is 32.1. The Balaban J connectivity index is 1.79. The number of aromatic nitrogens is 2. The van der Waals surface area contributed by atoms with E-state index in [1.807, 2.05) is 36.6 Å². The summed E-state index contributed by atoms with van der Waals surface area (Å²) >= 11 is 1.42. The van der Waals surface area contributed by atoms with Crippen LogP contribution < -0.4 is 5.56 Å². The van der Waals surface area contributed by atoms with Crippen LogP contribution in [0.25, 0.3) is 21.3 Å². The molecule has 4 nitrogen and oxygen atoms in total. The first-order valence-corrected chi connectivity index (χ1v) is 10.1. The van der Waals surface area contributed by atoms with Gasteiger partial charge in [-0.1, -0.05) is 29.8 Å². The highest BCUT2D eigenvalue weighted by molar-refractivity contribution is 7.17. The molecule has 0 aliphatic heterocycles. The molecule has 4 aromatic rings. The van der Waals surface area contributed by atoms with Crippen molar-refractivity contribution < 1.29 is 9.18 Å². The maximum absolute atomic E-state index is 13.5. The molecule has 2 heterocycles. The number of halogens is 1. The fourth-order valence-electron chi connectivity index (χ4n) is 3.31. The monoisotopic (exact) mass is 406 g/mol. The highest BCUT2D eigenvalue weighted by Gasteiger charge is 2.18. The summed E-state index contributed by atoms with van der Waals surface area (Å²) in [6, 6.07) is 12.2. The van der Waals surface area contributed by atoms with E-state index < -0.39 is 0 Å². The largest absolute Gasteiger partial charge is 0.292 e. The van der Waals surface area contributed by atoms with Crippen molar-refractivity contribution in [2.24, 2.45) is 0 Å². The van der Waals surface area contributed by atoms with Gasteiger partial charge in [-0.25, -0.2) is 9.37 Å². The molecule has 0 unspecified atom stereocenters. The molecule has 4 rings (SSSR count). The standard InChI is InChI=1S/C23H19FN2O2S/c1-13-4-6-16(7-5-13)18-12-29-22-21(18)23(28)26(15(3)25-22)11-20(27)17-8-9-19(24)14(2)10-17/h4-10,12H,11H2,1-3H3. The van der Waals surface area contributed by atoms with Crippen LogP contribution in [0.3, 0.4) is 0 Å². The lowest BCUT2D eigenvalue weighted by atomic mass is 10.0. The number of hydrogen-bond donors (Lipinski definition) is 0.